The first-order chi connectivity index (χ1) is 13.4. The standard InChI is InChI=1S/C21H24N2O5/c1-21(2,19(24)22-11-10-14-4-7-16(26-3)8-5-14)20(25)23-15-6-9-17-18(12-15)28-13-27-17/h4-9,12H,10-11,13H2,1-3H3,(H,22,24)(H,23,25). The van der Waals surface area contributed by atoms with Crippen LogP contribution in [0.3, 0.4) is 0 Å². The van der Waals surface area contributed by atoms with Crippen LogP contribution in [0, 0.1) is 5.41 Å². The van der Waals surface area contributed by atoms with Gasteiger partial charge in [-0.15, -0.1) is 0 Å². The van der Waals surface area contributed by atoms with E-state index >= 15 is 0 Å². The normalized spacial score (nSPS) is 12.4. The van der Waals surface area contributed by atoms with Crippen molar-refractivity contribution in [1.29, 1.82) is 0 Å². The number of rotatable bonds is 7. The van der Waals surface area contributed by atoms with Gasteiger partial charge in [0.25, 0.3) is 0 Å². The van der Waals surface area contributed by atoms with E-state index in [1.54, 1.807) is 39.2 Å². The molecule has 0 spiro atoms. The monoisotopic (exact) mass is 384 g/mol. The Morgan fingerprint density at radius 2 is 1.75 bits per heavy atom. The van der Waals surface area contributed by atoms with Crippen LogP contribution in [0.15, 0.2) is 42.5 Å². The third-order valence-corrected chi connectivity index (χ3v) is 4.62. The van der Waals surface area contributed by atoms with Gasteiger partial charge in [0.1, 0.15) is 11.2 Å². The van der Waals surface area contributed by atoms with E-state index in [1.807, 2.05) is 24.3 Å². The number of carbonyl (C=O) groups excluding carboxylic acids is 2. The van der Waals surface area contributed by atoms with Crippen molar-refractivity contribution in [3.8, 4) is 17.2 Å². The molecule has 1 aliphatic heterocycles. The molecule has 0 saturated heterocycles. The van der Waals surface area contributed by atoms with Crippen LogP contribution in [-0.2, 0) is 16.0 Å². The quantitative estimate of drug-likeness (QED) is 0.717. The highest BCUT2D eigenvalue weighted by Crippen LogP contribution is 2.34. The first kappa shape index (κ1) is 19.5. The van der Waals surface area contributed by atoms with Crippen LogP contribution in [0.2, 0.25) is 0 Å². The number of benzene rings is 2. The van der Waals surface area contributed by atoms with E-state index in [-0.39, 0.29) is 12.7 Å². The Labute approximate surface area is 164 Å². The smallest absolute Gasteiger partial charge is 0.239 e. The Morgan fingerprint density at radius 1 is 1.04 bits per heavy atom. The van der Waals surface area contributed by atoms with Gasteiger partial charge in [-0.3, -0.25) is 9.59 Å². The number of hydrogen-bond acceptors (Lipinski definition) is 5. The molecule has 1 aliphatic rings. The van der Waals surface area contributed by atoms with E-state index in [2.05, 4.69) is 10.6 Å². The molecule has 7 heteroatoms. The number of nitrogens with one attached hydrogen (secondary N) is 2. The van der Waals surface area contributed by atoms with Gasteiger partial charge in [-0.05, 0) is 50.1 Å². The third kappa shape index (κ3) is 4.36. The van der Waals surface area contributed by atoms with Crippen LogP contribution in [0.4, 0.5) is 5.69 Å². The fraction of sp³-hybridized carbons (Fsp3) is 0.333. The number of carbonyl (C=O) groups is 2. The molecule has 1 heterocycles. The fourth-order valence-corrected chi connectivity index (χ4v) is 2.70. The van der Waals surface area contributed by atoms with E-state index < -0.39 is 11.3 Å². The van der Waals surface area contributed by atoms with Crippen LogP contribution >= 0.6 is 0 Å². The summed E-state index contributed by atoms with van der Waals surface area (Å²) in [5.41, 5.74) is 0.396. The van der Waals surface area contributed by atoms with Gasteiger partial charge in [0.15, 0.2) is 11.5 Å². The van der Waals surface area contributed by atoms with Crippen molar-refractivity contribution in [3.63, 3.8) is 0 Å². The molecule has 2 N–H and O–H groups in total. The molecule has 0 unspecified atom stereocenters. The minimum Gasteiger partial charge on any atom is -0.497 e. The van der Waals surface area contributed by atoms with Crippen LogP contribution in [0.1, 0.15) is 19.4 Å². The molecule has 0 atom stereocenters. The molecule has 28 heavy (non-hydrogen) atoms. The number of fused-ring (bicyclic) bond motifs is 1. The lowest BCUT2D eigenvalue weighted by Gasteiger charge is -2.23. The molecule has 0 fully saturated rings. The summed E-state index contributed by atoms with van der Waals surface area (Å²) < 4.78 is 15.7. The van der Waals surface area contributed by atoms with Crippen LogP contribution in [0.25, 0.3) is 0 Å². The third-order valence-electron chi connectivity index (χ3n) is 4.62. The predicted octanol–water partition coefficient (Wildman–Crippen LogP) is 2.75. The maximum absolute atomic E-state index is 12.6. The van der Waals surface area contributed by atoms with Gasteiger partial charge in [0, 0.05) is 18.3 Å². The largest absolute Gasteiger partial charge is 0.497 e. The molecule has 148 valence electrons. The van der Waals surface area contributed by atoms with Gasteiger partial charge in [0.05, 0.1) is 7.11 Å². The number of anilines is 1. The van der Waals surface area contributed by atoms with Crippen LogP contribution in [0.5, 0.6) is 17.2 Å². The van der Waals surface area contributed by atoms with Crippen molar-refractivity contribution in [2.45, 2.75) is 20.3 Å². The van der Waals surface area contributed by atoms with E-state index in [0.717, 1.165) is 11.3 Å². The van der Waals surface area contributed by atoms with Crippen molar-refractivity contribution in [3.05, 3.63) is 48.0 Å². The highest BCUT2D eigenvalue weighted by Gasteiger charge is 2.36. The second kappa shape index (κ2) is 8.21. The Balaban J connectivity index is 1.53. The molecular formula is C21H24N2O5. The van der Waals surface area contributed by atoms with Gasteiger partial charge < -0.3 is 24.8 Å². The van der Waals surface area contributed by atoms with Gasteiger partial charge in [-0.1, -0.05) is 12.1 Å². The summed E-state index contributed by atoms with van der Waals surface area (Å²) in [6.45, 7) is 3.79. The van der Waals surface area contributed by atoms with Crippen molar-refractivity contribution in [2.24, 2.45) is 5.41 Å². The van der Waals surface area contributed by atoms with Crippen molar-refractivity contribution >= 4 is 17.5 Å². The SMILES string of the molecule is COc1ccc(CCNC(=O)C(C)(C)C(=O)Nc2ccc3c(c2)OCO3)cc1. The molecule has 0 saturated carbocycles. The molecule has 0 bridgehead atoms. The maximum Gasteiger partial charge on any atom is 0.239 e. The molecule has 0 aromatic heterocycles. The van der Waals surface area contributed by atoms with E-state index in [4.69, 9.17) is 14.2 Å². The van der Waals surface area contributed by atoms with Gasteiger partial charge in [0.2, 0.25) is 18.6 Å². The number of amides is 2. The number of methoxy groups -OCH3 is 1. The fourth-order valence-electron chi connectivity index (χ4n) is 2.70. The Hall–Kier alpha value is -3.22. The number of hydrogen-bond donors (Lipinski definition) is 2. The average Bonchev–Trinajstić information content (AvgIpc) is 3.16. The maximum atomic E-state index is 12.6. The highest BCUT2D eigenvalue weighted by atomic mass is 16.7. The van der Waals surface area contributed by atoms with Crippen molar-refractivity contribution in [2.75, 3.05) is 25.8 Å². The van der Waals surface area contributed by atoms with Gasteiger partial charge in [-0.25, -0.2) is 0 Å². The molecule has 7 nitrogen and oxygen atoms in total. The second-order valence-electron chi connectivity index (χ2n) is 7.00. The highest BCUT2D eigenvalue weighted by molar-refractivity contribution is 6.09. The molecule has 3 rings (SSSR count). The zero-order valence-electron chi connectivity index (χ0n) is 16.2. The van der Waals surface area contributed by atoms with Crippen LogP contribution in [-0.4, -0.2) is 32.3 Å². The summed E-state index contributed by atoms with van der Waals surface area (Å²) in [6.07, 6.45) is 0.662. The minimum atomic E-state index is -1.23. The molecule has 2 amide bonds. The van der Waals surface area contributed by atoms with Crippen LogP contribution < -0.4 is 24.8 Å². The first-order valence-corrected chi connectivity index (χ1v) is 9.02. The van der Waals surface area contributed by atoms with Crippen molar-refractivity contribution in [1.82, 2.24) is 5.32 Å². The molecule has 2 aromatic carbocycles. The summed E-state index contributed by atoms with van der Waals surface area (Å²) in [4.78, 5) is 25.2. The number of ether oxygens (including phenoxy) is 3. The minimum absolute atomic E-state index is 0.162. The lowest BCUT2D eigenvalue weighted by Crippen LogP contribution is -2.45. The van der Waals surface area contributed by atoms with E-state index in [0.29, 0.717) is 30.2 Å². The Bertz CT molecular complexity index is 862. The Morgan fingerprint density at radius 3 is 2.46 bits per heavy atom. The van der Waals surface area contributed by atoms with Gasteiger partial charge >= 0.3 is 0 Å². The summed E-state index contributed by atoms with van der Waals surface area (Å²) >= 11 is 0. The predicted molar refractivity (Wildman–Crippen MR) is 105 cm³/mol. The van der Waals surface area contributed by atoms with Gasteiger partial charge in [-0.2, -0.15) is 0 Å². The zero-order chi connectivity index (χ0) is 20.1. The second-order valence-corrected chi connectivity index (χ2v) is 7.00. The Kier molecular flexibility index (Phi) is 5.73. The summed E-state index contributed by atoms with van der Waals surface area (Å²) in [6, 6.07) is 12.8. The summed E-state index contributed by atoms with van der Waals surface area (Å²) in [7, 11) is 1.62. The van der Waals surface area contributed by atoms with Crippen molar-refractivity contribution < 1.29 is 23.8 Å². The lowest BCUT2D eigenvalue weighted by atomic mass is 9.90. The average molecular weight is 384 g/mol. The molecule has 2 aromatic rings. The molecule has 0 radical (unpaired) electrons. The lowest BCUT2D eigenvalue weighted by molar-refractivity contribution is -0.138. The zero-order valence-corrected chi connectivity index (χ0v) is 16.2. The molecular weight excluding hydrogens is 360 g/mol. The summed E-state index contributed by atoms with van der Waals surface area (Å²) in [5, 5.41) is 5.60. The summed E-state index contributed by atoms with van der Waals surface area (Å²) in [5.74, 6) is 1.26. The first-order valence-electron chi connectivity index (χ1n) is 9.02. The van der Waals surface area contributed by atoms with E-state index in [9.17, 15) is 9.59 Å². The molecule has 0 aliphatic carbocycles. The topological polar surface area (TPSA) is 85.9 Å². The van der Waals surface area contributed by atoms with E-state index in [1.165, 1.54) is 0 Å².